The highest BCUT2D eigenvalue weighted by Gasteiger charge is 2.28. The molecule has 0 saturated heterocycles. The number of halogens is 1. The summed E-state index contributed by atoms with van der Waals surface area (Å²) in [5, 5.41) is 7.37. The lowest BCUT2D eigenvalue weighted by atomic mass is 9.85. The van der Waals surface area contributed by atoms with Gasteiger partial charge in [0.2, 0.25) is 5.91 Å². The van der Waals surface area contributed by atoms with Crippen molar-refractivity contribution in [3.63, 3.8) is 0 Å². The third-order valence-corrected chi connectivity index (χ3v) is 6.64. The van der Waals surface area contributed by atoms with Crippen LogP contribution in [0.4, 0.5) is 10.1 Å². The minimum Gasteiger partial charge on any atom is -0.325 e. The van der Waals surface area contributed by atoms with Crippen molar-refractivity contribution in [2.24, 2.45) is 5.73 Å². The zero-order chi connectivity index (χ0) is 26.5. The average molecular weight is 505 g/mol. The summed E-state index contributed by atoms with van der Waals surface area (Å²) < 4.78 is 17.1. The molecule has 0 aliphatic heterocycles. The van der Waals surface area contributed by atoms with Crippen LogP contribution in [0.5, 0.6) is 0 Å². The summed E-state index contributed by atoms with van der Waals surface area (Å²) in [6.07, 6.45) is 1.85. The predicted molar refractivity (Wildman–Crippen MR) is 149 cm³/mol. The zero-order valence-corrected chi connectivity index (χ0v) is 21.1. The van der Waals surface area contributed by atoms with Gasteiger partial charge in [0.25, 0.3) is 0 Å². The fourth-order valence-electron chi connectivity index (χ4n) is 4.75. The van der Waals surface area contributed by atoms with E-state index in [1.807, 2.05) is 104 Å². The number of aryl methyl sites for hydroxylation is 1. The lowest BCUT2D eigenvalue weighted by Gasteiger charge is -2.24. The molecule has 1 aromatic heterocycles. The van der Waals surface area contributed by atoms with Crippen molar-refractivity contribution in [2.45, 2.75) is 25.4 Å². The van der Waals surface area contributed by atoms with E-state index in [9.17, 15) is 4.79 Å². The van der Waals surface area contributed by atoms with Gasteiger partial charge in [0.05, 0.1) is 18.3 Å². The molecule has 5 rings (SSSR count). The van der Waals surface area contributed by atoms with Gasteiger partial charge in [-0.2, -0.15) is 5.10 Å². The number of hydrogen-bond donors (Lipinski definition) is 2. The molecule has 38 heavy (non-hydrogen) atoms. The molecule has 190 valence electrons. The normalized spacial score (nSPS) is 11.9. The minimum atomic E-state index is -0.874. The highest BCUT2D eigenvalue weighted by molar-refractivity contribution is 5.96. The van der Waals surface area contributed by atoms with Crippen LogP contribution in [0.1, 0.15) is 28.3 Å². The van der Waals surface area contributed by atoms with Crippen LogP contribution in [-0.2, 0) is 11.3 Å². The first-order chi connectivity index (χ1) is 18.5. The molecule has 0 aliphatic carbocycles. The number of anilines is 1. The van der Waals surface area contributed by atoms with Crippen molar-refractivity contribution in [1.82, 2.24) is 9.78 Å². The molecule has 1 heterocycles. The molecule has 0 saturated carbocycles. The summed E-state index contributed by atoms with van der Waals surface area (Å²) >= 11 is 0. The first kappa shape index (κ1) is 25.1. The van der Waals surface area contributed by atoms with Crippen LogP contribution in [0.3, 0.4) is 0 Å². The molecule has 1 atom stereocenters. The maximum absolute atomic E-state index is 15.3. The van der Waals surface area contributed by atoms with Gasteiger partial charge < -0.3 is 11.1 Å². The predicted octanol–water partition coefficient (Wildman–Crippen LogP) is 6.14. The fourth-order valence-corrected chi connectivity index (χ4v) is 4.75. The van der Waals surface area contributed by atoms with Gasteiger partial charge >= 0.3 is 0 Å². The number of carbonyl (C=O) groups is 1. The molecule has 0 bridgehead atoms. The van der Waals surface area contributed by atoms with Crippen LogP contribution < -0.4 is 11.1 Å². The molecular weight excluding hydrogens is 475 g/mol. The standard InChI is InChI=1S/C32H29FN4O/c1-22-28(21-37(36-22)20-23-11-5-2-6-12-23)27-18-17-26(19-29(27)33)35-32(38)31(34)30(24-13-7-3-8-14-24)25-15-9-4-10-16-25/h2-19,21,30-31H,20,34H2,1H3,(H,35,38)/t31-/m0/s1. The van der Waals surface area contributed by atoms with Crippen LogP contribution in [0, 0.1) is 12.7 Å². The lowest BCUT2D eigenvalue weighted by Crippen LogP contribution is -2.41. The molecule has 0 spiro atoms. The van der Waals surface area contributed by atoms with Crippen molar-refractivity contribution in [3.8, 4) is 11.1 Å². The third-order valence-electron chi connectivity index (χ3n) is 6.64. The molecule has 1 amide bonds. The van der Waals surface area contributed by atoms with E-state index in [2.05, 4.69) is 10.4 Å². The number of rotatable bonds is 8. The van der Waals surface area contributed by atoms with E-state index >= 15 is 4.39 Å². The second-order valence-electron chi connectivity index (χ2n) is 9.32. The molecule has 0 fully saturated rings. The van der Waals surface area contributed by atoms with E-state index < -0.39 is 11.9 Å². The highest BCUT2D eigenvalue weighted by Crippen LogP contribution is 2.30. The number of aromatic nitrogens is 2. The van der Waals surface area contributed by atoms with Crippen molar-refractivity contribution >= 4 is 11.6 Å². The van der Waals surface area contributed by atoms with Crippen LogP contribution in [0.15, 0.2) is 115 Å². The van der Waals surface area contributed by atoms with E-state index in [0.717, 1.165) is 22.4 Å². The van der Waals surface area contributed by atoms with E-state index in [0.29, 0.717) is 23.4 Å². The van der Waals surface area contributed by atoms with E-state index in [1.54, 1.807) is 16.8 Å². The molecule has 0 radical (unpaired) electrons. The summed E-state index contributed by atoms with van der Waals surface area (Å²) in [6.45, 7) is 2.46. The molecule has 3 N–H and O–H groups in total. The number of benzene rings is 4. The largest absolute Gasteiger partial charge is 0.325 e. The fraction of sp³-hybridized carbons (Fsp3) is 0.125. The average Bonchev–Trinajstić information content (AvgIpc) is 3.30. The van der Waals surface area contributed by atoms with Crippen LogP contribution in [0.25, 0.3) is 11.1 Å². The molecular formula is C32H29FN4O. The quantitative estimate of drug-likeness (QED) is 0.266. The molecule has 0 aliphatic rings. The summed E-state index contributed by atoms with van der Waals surface area (Å²) in [4.78, 5) is 13.2. The van der Waals surface area contributed by atoms with Crippen molar-refractivity contribution in [2.75, 3.05) is 5.32 Å². The Hall–Kier alpha value is -4.55. The Morgan fingerprint density at radius 1 is 0.868 bits per heavy atom. The Bertz CT molecular complexity index is 1480. The molecule has 4 aromatic carbocycles. The van der Waals surface area contributed by atoms with Gasteiger partial charge in [-0.1, -0.05) is 91.0 Å². The van der Waals surface area contributed by atoms with Gasteiger partial charge in [-0.3, -0.25) is 9.48 Å². The highest BCUT2D eigenvalue weighted by atomic mass is 19.1. The maximum atomic E-state index is 15.3. The Kier molecular flexibility index (Phi) is 7.43. The van der Waals surface area contributed by atoms with Crippen LogP contribution in [-0.4, -0.2) is 21.7 Å². The first-order valence-electron chi connectivity index (χ1n) is 12.5. The first-order valence-corrected chi connectivity index (χ1v) is 12.5. The number of nitrogens with one attached hydrogen (secondary N) is 1. The van der Waals surface area contributed by atoms with E-state index in [1.165, 1.54) is 6.07 Å². The number of nitrogens with zero attached hydrogens (tertiary/aromatic N) is 2. The second kappa shape index (κ2) is 11.2. The Balaban J connectivity index is 1.34. The van der Waals surface area contributed by atoms with Gasteiger partial charge in [-0.05, 0) is 41.8 Å². The van der Waals surface area contributed by atoms with Crippen LogP contribution in [0.2, 0.25) is 0 Å². The summed E-state index contributed by atoms with van der Waals surface area (Å²) in [5.41, 5.74) is 11.7. The smallest absolute Gasteiger partial charge is 0.242 e. The van der Waals surface area contributed by atoms with Crippen molar-refractivity contribution in [3.05, 3.63) is 144 Å². The monoisotopic (exact) mass is 504 g/mol. The van der Waals surface area contributed by atoms with E-state index in [-0.39, 0.29) is 11.8 Å². The van der Waals surface area contributed by atoms with Gasteiger partial charge in [-0.25, -0.2) is 4.39 Å². The maximum Gasteiger partial charge on any atom is 0.242 e. The Morgan fingerprint density at radius 3 is 2.03 bits per heavy atom. The zero-order valence-electron chi connectivity index (χ0n) is 21.1. The molecule has 5 nitrogen and oxygen atoms in total. The molecule has 0 unspecified atom stereocenters. The number of nitrogens with two attached hydrogens (primary N) is 1. The van der Waals surface area contributed by atoms with E-state index in [4.69, 9.17) is 5.73 Å². The molecule has 5 aromatic rings. The number of carbonyl (C=O) groups excluding carboxylic acids is 1. The number of hydrogen-bond acceptors (Lipinski definition) is 3. The lowest BCUT2D eigenvalue weighted by molar-refractivity contribution is -0.117. The van der Waals surface area contributed by atoms with Gasteiger partial charge in [0, 0.05) is 28.9 Å². The second-order valence-corrected chi connectivity index (χ2v) is 9.32. The summed E-state index contributed by atoms with van der Waals surface area (Å²) in [6, 6.07) is 33.2. The topological polar surface area (TPSA) is 72.9 Å². The Morgan fingerprint density at radius 2 is 1.45 bits per heavy atom. The summed E-state index contributed by atoms with van der Waals surface area (Å²) in [7, 11) is 0. The minimum absolute atomic E-state index is 0.348. The number of amides is 1. The van der Waals surface area contributed by atoms with Crippen molar-refractivity contribution < 1.29 is 9.18 Å². The molecule has 6 heteroatoms. The SMILES string of the molecule is Cc1nn(Cc2ccccc2)cc1-c1ccc(NC(=O)[C@@H](N)C(c2ccccc2)c2ccccc2)cc1F. The van der Waals surface area contributed by atoms with Gasteiger partial charge in [-0.15, -0.1) is 0 Å². The van der Waals surface area contributed by atoms with Gasteiger partial charge in [0.1, 0.15) is 5.82 Å². The van der Waals surface area contributed by atoms with Crippen LogP contribution >= 0.6 is 0 Å². The Labute approximate surface area is 221 Å². The third kappa shape index (κ3) is 5.56. The summed E-state index contributed by atoms with van der Waals surface area (Å²) in [5.74, 6) is -1.18. The van der Waals surface area contributed by atoms with Crippen molar-refractivity contribution in [1.29, 1.82) is 0 Å². The van der Waals surface area contributed by atoms with Gasteiger partial charge in [0.15, 0.2) is 0 Å².